The average Bonchev–Trinajstić information content (AvgIpc) is 3.08. The second-order valence-corrected chi connectivity index (χ2v) is 6.19. The second kappa shape index (κ2) is 5.45. The summed E-state index contributed by atoms with van der Waals surface area (Å²) in [6, 6.07) is 12.7. The highest BCUT2D eigenvalue weighted by atomic mass is 32.1. The quantitative estimate of drug-likeness (QED) is 0.878. The van der Waals surface area contributed by atoms with E-state index in [1.165, 1.54) is 16.0 Å². The van der Waals surface area contributed by atoms with Gasteiger partial charge in [-0.1, -0.05) is 30.3 Å². The van der Waals surface area contributed by atoms with Crippen molar-refractivity contribution < 1.29 is 5.11 Å². The van der Waals surface area contributed by atoms with Crippen LogP contribution in [0.4, 0.5) is 0 Å². The fourth-order valence-corrected chi connectivity index (χ4v) is 3.68. The van der Waals surface area contributed by atoms with Gasteiger partial charge in [0.2, 0.25) is 0 Å². The molecule has 0 radical (unpaired) electrons. The molecule has 1 unspecified atom stereocenters. The molecule has 0 saturated heterocycles. The molecule has 0 fully saturated rings. The van der Waals surface area contributed by atoms with Gasteiger partial charge in [0.05, 0.1) is 12.1 Å². The van der Waals surface area contributed by atoms with Gasteiger partial charge in [-0.2, -0.15) is 0 Å². The molecule has 0 amide bonds. The fourth-order valence-electron chi connectivity index (χ4n) is 2.97. The van der Waals surface area contributed by atoms with Gasteiger partial charge in [0, 0.05) is 11.4 Å². The van der Waals surface area contributed by atoms with E-state index in [2.05, 4.69) is 47.1 Å². The Labute approximate surface area is 118 Å². The second-order valence-electron chi connectivity index (χ2n) is 5.15. The van der Waals surface area contributed by atoms with Gasteiger partial charge in [-0.05, 0) is 41.8 Å². The predicted octanol–water partition coefficient (Wildman–Crippen LogP) is 2.71. The maximum Gasteiger partial charge on any atom is 0.0675 e. The number of aliphatic hydroxyl groups is 1. The van der Waals surface area contributed by atoms with Gasteiger partial charge in [0.25, 0.3) is 0 Å². The minimum atomic E-state index is -0.228. The van der Waals surface area contributed by atoms with Crippen LogP contribution in [-0.2, 0) is 18.4 Å². The number of thiophene rings is 1. The Morgan fingerprint density at radius 1 is 1.21 bits per heavy atom. The van der Waals surface area contributed by atoms with Crippen molar-refractivity contribution in [3.63, 3.8) is 0 Å². The van der Waals surface area contributed by atoms with Gasteiger partial charge < -0.3 is 10.4 Å². The summed E-state index contributed by atoms with van der Waals surface area (Å²) in [6.45, 7) is 1.09. The van der Waals surface area contributed by atoms with Gasteiger partial charge in [0.1, 0.15) is 0 Å². The van der Waals surface area contributed by atoms with Gasteiger partial charge in [0.15, 0.2) is 0 Å². The Morgan fingerprint density at radius 2 is 2.11 bits per heavy atom. The third kappa shape index (κ3) is 2.46. The zero-order valence-corrected chi connectivity index (χ0v) is 11.7. The van der Waals surface area contributed by atoms with Gasteiger partial charge in [-0.25, -0.2) is 0 Å². The van der Waals surface area contributed by atoms with E-state index in [9.17, 15) is 5.11 Å². The molecule has 1 aliphatic carbocycles. The van der Waals surface area contributed by atoms with Gasteiger partial charge in [-0.3, -0.25) is 0 Å². The third-order valence-electron chi connectivity index (χ3n) is 4.04. The summed E-state index contributed by atoms with van der Waals surface area (Å²) in [5.74, 6) is 0. The predicted molar refractivity (Wildman–Crippen MR) is 79.6 cm³/mol. The van der Waals surface area contributed by atoms with Crippen LogP contribution in [0.3, 0.4) is 0 Å². The van der Waals surface area contributed by atoms with Crippen LogP contribution in [0.2, 0.25) is 0 Å². The van der Waals surface area contributed by atoms with Crippen molar-refractivity contribution in [3.05, 3.63) is 57.8 Å². The topological polar surface area (TPSA) is 32.3 Å². The number of rotatable bonds is 5. The monoisotopic (exact) mass is 273 g/mol. The molecule has 1 aromatic heterocycles. The number of nitrogens with one attached hydrogen (secondary N) is 1. The molecule has 2 N–H and O–H groups in total. The van der Waals surface area contributed by atoms with Crippen LogP contribution in [0, 0.1) is 0 Å². The number of benzene rings is 1. The van der Waals surface area contributed by atoms with E-state index in [0.717, 1.165) is 25.8 Å². The summed E-state index contributed by atoms with van der Waals surface area (Å²) >= 11 is 1.80. The van der Waals surface area contributed by atoms with E-state index in [1.807, 2.05) is 0 Å². The number of aliphatic hydroxyl groups excluding tert-OH is 1. The van der Waals surface area contributed by atoms with Crippen LogP contribution in [0.15, 0.2) is 41.8 Å². The van der Waals surface area contributed by atoms with Crippen LogP contribution >= 0.6 is 11.3 Å². The van der Waals surface area contributed by atoms with Crippen molar-refractivity contribution >= 4 is 11.3 Å². The highest BCUT2D eigenvalue weighted by Gasteiger charge is 2.37. The summed E-state index contributed by atoms with van der Waals surface area (Å²) in [5, 5.41) is 15.6. The van der Waals surface area contributed by atoms with Crippen LogP contribution in [0.1, 0.15) is 22.4 Å². The fraction of sp³-hybridized carbons (Fsp3) is 0.375. The largest absolute Gasteiger partial charge is 0.394 e. The first-order valence-corrected chi connectivity index (χ1v) is 7.69. The van der Waals surface area contributed by atoms with Crippen LogP contribution in [0.25, 0.3) is 0 Å². The molecule has 19 heavy (non-hydrogen) atoms. The number of hydrogen-bond acceptors (Lipinski definition) is 3. The lowest BCUT2D eigenvalue weighted by Crippen LogP contribution is -2.44. The molecular weight excluding hydrogens is 254 g/mol. The van der Waals surface area contributed by atoms with Gasteiger partial charge in [-0.15, -0.1) is 11.3 Å². The summed E-state index contributed by atoms with van der Waals surface area (Å²) in [6.07, 6.45) is 3.08. The molecule has 2 aromatic rings. The van der Waals surface area contributed by atoms with Crippen LogP contribution in [-0.4, -0.2) is 18.3 Å². The average molecular weight is 273 g/mol. The Bertz CT molecular complexity index is 537. The Kier molecular flexibility index (Phi) is 3.69. The lowest BCUT2D eigenvalue weighted by molar-refractivity contribution is 0.161. The normalized spacial score (nSPS) is 21.5. The van der Waals surface area contributed by atoms with Crippen molar-refractivity contribution in [2.45, 2.75) is 24.8 Å². The molecule has 100 valence electrons. The maximum atomic E-state index is 9.86. The SMILES string of the molecule is OCC1(NCCc2cccs2)CCc2ccccc21. The first kappa shape index (κ1) is 12.9. The number of fused-ring (bicyclic) bond motifs is 1. The summed E-state index contributed by atoms with van der Waals surface area (Å²) in [5.41, 5.74) is 2.43. The Hall–Kier alpha value is -1.16. The van der Waals surface area contributed by atoms with E-state index in [4.69, 9.17) is 0 Å². The molecule has 3 rings (SSSR count). The van der Waals surface area contributed by atoms with Gasteiger partial charge >= 0.3 is 0 Å². The van der Waals surface area contributed by atoms with E-state index < -0.39 is 0 Å². The molecule has 2 nitrogen and oxygen atoms in total. The summed E-state index contributed by atoms with van der Waals surface area (Å²) < 4.78 is 0. The molecule has 3 heteroatoms. The number of hydrogen-bond donors (Lipinski definition) is 2. The highest BCUT2D eigenvalue weighted by Crippen LogP contribution is 2.36. The van der Waals surface area contributed by atoms with Crippen molar-refractivity contribution in [3.8, 4) is 0 Å². The molecule has 1 aliphatic rings. The maximum absolute atomic E-state index is 9.86. The molecule has 1 aromatic carbocycles. The molecule has 1 atom stereocenters. The Balaban J connectivity index is 1.71. The lowest BCUT2D eigenvalue weighted by Gasteiger charge is -2.29. The molecule has 0 bridgehead atoms. The molecular formula is C16H19NOS. The zero-order chi connectivity index (χ0) is 13.1. The van der Waals surface area contributed by atoms with Crippen molar-refractivity contribution in [1.29, 1.82) is 0 Å². The van der Waals surface area contributed by atoms with E-state index in [1.54, 1.807) is 11.3 Å². The smallest absolute Gasteiger partial charge is 0.0675 e. The minimum absolute atomic E-state index is 0.175. The minimum Gasteiger partial charge on any atom is -0.394 e. The van der Waals surface area contributed by atoms with Crippen molar-refractivity contribution in [2.75, 3.05) is 13.2 Å². The summed E-state index contributed by atoms with van der Waals surface area (Å²) in [4.78, 5) is 1.40. The first-order valence-electron chi connectivity index (χ1n) is 6.81. The van der Waals surface area contributed by atoms with E-state index >= 15 is 0 Å². The van der Waals surface area contributed by atoms with Crippen molar-refractivity contribution in [1.82, 2.24) is 5.32 Å². The zero-order valence-electron chi connectivity index (χ0n) is 10.9. The lowest BCUT2D eigenvalue weighted by atomic mass is 9.92. The summed E-state index contributed by atoms with van der Waals surface area (Å²) in [7, 11) is 0. The van der Waals surface area contributed by atoms with Crippen LogP contribution < -0.4 is 5.32 Å². The van der Waals surface area contributed by atoms with E-state index in [-0.39, 0.29) is 12.1 Å². The number of aryl methyl sites for hydroxylation is 1. The first-order chi connectivity index (χ1) is 9.34. The molecule has 0 saturated carbocycles. The third-order valence-corrected chi connectivity index (χ3v) is 4.98. The van der Waals surface area contributed by atoms with Crippen LogP contribution in [0.5, 0.6) is 0 Å². The standard InChI is InChI=1S/C16H19NOS/c18-12-16(17-10-8-14-5-3-11-19-14)9-7-13-4-1-2-6-15(13)16/h1-6,11,17-18H,7-10,12H2. The van der Waals surface area contributed by atoms with E-state index in [0.29, 0.717) is 0 Å². The highest BCUT2D eigenvalue weighted by molar-refractivity contribution is 7.09. The molecule has 1 heterocycles. The van der Waals surface area contributed by atoms with Crippen molar-refractivity contribution in [2.24, 2.45) is 0 Å². The molecule has 0 aliphatic heterocycles. The molecule has 0 spiro atoms. The Morgan fingerprint density at radius 3 is 2.89 bits per heavy atom.